The molecule has 3 nitrogen and oxygen atoms in total. The van der Waals surface area contributed by atoms with Crippen molar-refractivity contribution in [2.45, 2.75) is 26.4 Å². The van der Waals surface area contributed by atoms with E-state index in [1.54, 1.807) is 0 Å². The molecule has 2 aromatic rings. The van der Waals surface area contributed by atoms with Gasteiger partial charge in [0.2, 0.25) is 0 Å². The highest BCUT2D eigenvalue weighted by Gasteiger charge is 2.21. The van der Waals surface area contributed by atoms with E-state index in [0.717, 1.165) is 31.7 Å². The molecule has 3 rings (SSSR count). The minimum atomic E-state index is 0.601. The molecule has 2 heterocycles. The van der Waals surface area contributed by atoms with E-state index in [9.17, 15) is 0 Å². The Bertz CT molecular complexity index is 579. The van der Waals surface area contributed by atoms with Gasteiger partial charge in [0.1, 0.15) is 0 Å². The van der Waals surface area contributed by atoms with Gasteiger partial charge in [-0.2, -0.15) is 0 Å². The number of benzene rings is 1. The number of piperazine rings is 1. The van der Waals surface area contributed by atoms with E-state index < -0.39 is 0 Å². The van der Waals surface area contributed by atoms with Crippen molar-refractivity contribution in [3.63, 3.8) is 0 Å². The van der Waals surface area contributed by atoms with Crippen LogP contribution in [0.4, 0.5) is 0 Å². The van der Waals surface area contributed by atoms with Gasteiger partial charge >= 0.3 is 0 Å². The maximum absolute atomic E-state index is 4.78. The summed E-state index contributed by atoms with van der Waals surface area (Å²) in [7, 11) is 0. The second kappa shape index (κ2) is 5.90. The van der Waals surface area contributed by atoms with E-state index in [4.69, 9.17) is 4.98 Å². The van der Waals surface area contributed by atoms with Gasteiger partial charge in [0.15, 0.2) is 0 Å². The smallest absolute Gasteiger partial charge is 0.0705 e. The largest absolute Gasteiger partial charge is 0.311 e. The average Bonchev–Trinajstić information content (AvgIpc) is 2.47. The summed E-state index contributed by atoms with van der Waals surface area (Å²) in [6.07, 6.45) is 0. The summed E-state index contributed by atoms with van der Waals surface area (Å²) in [6.45, 7) is 8.83. The Hall–Kier alpha value is -1.45. The first-order chi connectivity index (χ1) is 9.72. The summed E-state index contributed by atoms with van der Waals surface area (Å²) in [6, 6.07) is 13.3. The maximum Gasteiger partial charge on any atom is 0.0705 e. The Morgan fingerprint density at radius 3 is 2.95 bits per heavy atom. The summed E-state index contributed by atoms with van der Waals surface area (Å²) in [5, 5.41) is 4.82. The van der Waals surface area contributed by atoms with Gasteiger partial charge in [-0.15, -0.1) is 0 Å². The summed E-state index contributed by atoms with van der Waals surface area (Å²) in [5.74, 6) is 0.683. The molecule has 1 aliphatic rings. The zero-order valence-corrected chi connectivity index (χ0v) is 12.3. The molecule has 1 N–H and O–H groups in total. The molecule has 0 radical (unpaired) electrons. The molecular formula is C17H23N3. The van der Waals surface area contributed by atoms with E-state index in [1.807, 2.05) is 0 Å². The van der Waals surface area contributed by atoms with Crippen molar-refractivity contribution in [1.29, 1.82) is 0 Å². The van der Waals surface area contributed by atoms with Crippen LogP contribution < -0.4 is 5.32 Å². The Kier molecular flexibility index (Phi) is 3.99. The van der Waals surface area contributed by atoms with Crippen LogP contribution in [-0.4, -0.2) is 35.6 Å². The van der Waals surface area contributed by atoms with Gasteiger partial charge in [-0.1, -0.05) is 38.1 Å². The van der Waals surface area contributed by atoms with Gasteiger partial charge in [-0.3, -0.25) is 9.88 Å². The van der Waals surface area contributed by atoms with Crippen molar-refractivity contribution < 1.29 is 0 Å². The monoisotopic (exact) mass is 269 g/mol. The van der Waals surface area contributed by atoms with Gasteiger partial charge in [0, 0.05) is 37.6 Å². The zero-order chi connectivity index (χ0) is 13.9. The van der Waals surface area contributed by atoms with E-state index in [-0.39, 0.29) is 0 Å². The first-order valence-electron chi connectivity index (χ1n) is 7.53. The van der Waals surface area contributed by atoms with Crippen LogP contribution >= 0.6 is 0 Å². The molecule has 1 fully saturated rings. The molecule has 0 aliphatic carbocycles. The molecule has 20 heavy (non-hydrogen) atoms. The minimum Gasteiger partial charge on any atom is -0.311 e. The number of nitrogens with one attached hydrogen (secondary N) is 1. The quantitative estimate of drug-likeness (QED) is 0.928. The lowest BCUT2D eigenvalue weighted by Gasteiger charge is -2.35. The molecule has 0 spiro atoms. The van der Waals surface area contributed by atoms with Gasteiger partial charge in [0.05, 0.1) is 11.2 Å². The normalized spacial score (nSPS) is 20.6. The molecular weight excluding hydrogens is 246 g/mol. The number of aromatic nitrogens is 1. The van der Waals surface area contributed by atoms with Crippen LogP contribution in [0.2, 0.25) is 0 Å². The highest BCUT2D eigenvalue weighted by molar-refractivity contribution is 5.78. The number of rotatable bonds is 3. The first-order valence-corrected chi connectivity index (χ1v) is 7.53. The van der Waals surface area contributed by atoms with Crippen LogP contribution in [0.25, 0.3) is 10.9 Å². The third-order valence-corrected chi connectivity index (χ3v) is 4.14. The zero-order valence-electron chi connectivity index (χ0n) is 12.3. The van der Waals surface area contributed by atoms with Crippen molar-refractivity contribution in [2.24, 2.45) is 5.92 Å². The van der Waals surface area contributed by atoms with Crippen molar-refractivity contribution in [3.05, 3.63) is 42.1 Å². The van der Waals surface area contributed by atoms with E-state index in [0.29, 0.717) is 12.0 Å². The van der Waals surface area contributed by atoms with Crippen molar-refractivity contribution in [2.75, 3.05) is 19.6 Å². The molecule has 1 unspecified atom stereocenters. The van der Waals surface area contributed by atoms with Gasteiger partial charge in [0.25, 0.3) is 0 Å². The molecule has 1 aromatic carbocycles. The summed E-state index contributed by atoms with van der Waals surface area (Å²) < 4.78 is 0. The number of hydrogen-bond acceptors (Lipinski definition) is 3. The molecule has 0 bridgehead atoms. The van der Waals surface area contributed by atoms with Crippen LogP contribution in [0.5, 0.6) is 0 Å². The van der Waals surface area contributed by atoms with Crippen LogP contribution in [0.1, 0.15) is 19.5 Å². The van der Waals surface area contributed by atoms with Crippen LogP contribution in [0.3, 0.4) is 0 Å². The fourth-order valence-electron chi connectivity index (χ4n) is 2.86. The van der Waals surface area contributed by atoms with Crippen molar-refractivity contribution >= 4 is 10.9 Å². The Morgan fingerprint density at radius 1 is 1.25 bits per heavy atom. The molecule has 106 valence electrons. The number of pyridine rings is 1. The fourth-order valence-corrected chi connectivity index (χ4v) is 2.86. The highest BCUT2D eigenvalue weighted by atomic mass is 15.2. The van der Waals surface area contributed by atoms with Gasteiger partial charge in [-0.25, -0.2) is 0 Å². The Morgan fingerprint density at radius 2 is 2.10 bits per heavy atom. The minimum absolute atomic E-state index is 0.601. The van der Waals surface area contributed by atoms with Crippen molar-refractivity contribution in [1.82, 2.24) is 15.2 Å². The topological polar surface area (TPSA) is 28.2 Å². The first kappa shape index (κ1) is 13.5. The third kappa shape index (κ3) is 3.00. The summed E-state index contributed by atoms with van der Waals surface area (Å²) in [5.41, 5.74) is 2.27. The lowest BCUT2D eigenvalue weighted by molar-refractivity contribution is 0.167. The summed E-state index contributed by atoms with van der Waals surface area (Å²) in [4.78, 5) is 7.29. The SMILES string of the molecule is CC(C)C1CN(Cc2ccc3ccccc3n2)CCN1. The fraction of sp³-hybridized carbons (Fsp3) is 0.471. The summed E-state index contributed by atoms with van der Waals surface area (Å²) >= 11 is 0. The van der Waals surface area contributed by atoms with Crippen LogP contribution in [-0.2, 0) is 6.54 Å². The molecule has 1 aliphatic heterocycles. The molecule has 3 heteroatoms. The Labute approximate surface area is 121 Å². The number of para-hydroxylation sites is 1. The molecule has 1 atom stereocenters. The predicted octanol–water partition coefficient (Wildman–Crippen LogP) is 2.66. The predicted molar refractivity (Wildman–Crippen MR) is 83.6 cm³/mol. The van der Waals surface area contributed by atoms with Crippen LogP contribution in [0.15, 0.2) is 36.4 Å². The Balaban J connectivity index is 1.72. The van der Waals surface area contributed by atoms with E-state index in [1.165, 1.54) is 11.1 Å². The molecule has 1 saturated heterocycles. The molecule has 0 saturated carbocycles. The lowest BCUT2D eigenvalue weighted by Crippen LogP contribution is -2.52. The third-order valence-electron chi connectivity index (χ3n) is 4.14. The molecule has 0 amide bonds. The van der Waals surface area contributed by atoms with E-state index in [2.05, 4.69) is 60.5 Å². The second-order valence-corrected chi connectivity index (χ2v) is 6.04. The lowest BCUT2D eigenvalue weighted by atomic mass is 10.0. The highest BCUT2D eigenvalue weighted by Crippen LogP contribution is 2.15. The van der Waals surface area contributed by atoms with E-state index >= 15 is 0 Å². The number of nitrogens with zero attached hydrogens (tertiary/aromatic N) is 2. The van der Waals surface area contributed by atoms with Crippen molar-refractivity contribution in [3.8, 4) is 0 Å². The second-order valence-electron chi connectivity index (χ2n) is 6.04. The average molecular weight is 269 g/mol. The van der Waals surface area contributed by atoms with Gasteiger partial charge < -0.3 is 5.32 Å². The maximum atomic E-state index is 4.78. The van der Waals surface area contributed by atoms with Crippen LogP contribution in [0, 0.1) is 5.92 Å². The standard InChI is InChI=1S/C17H23N3/c1-13(2)17-12-20(10-9-18-17)11-15-8-7-14-5-3-4-6-16(14)19-15/h3-8,13,17-18H,9-12H2,1-2H3. The molecule has 1 aromatic heterocycles. The number of hydrogen-bond donors (Lipinski definition) is 1. The number of fused-ring (bicyclic) bond motifs is 1. The van der Waals surface area contributed by atoms with Gasteiger partial charge in [-0.05, 0) is 18.1 Å².